The summed E-state index contributed by atoms with van der Waals surface area (Å²) in [6.07, 6.45) is 3.59. The monoisotopic (exact) mass is 177 g/mol. The van der Waals surface area contributed by atoms with Gasteiger partial charge in [0.25, 0.3) is 5.56 Å². The molecule has 0 bridgehead atoms. The summed E-state index contributed by atoms with van der Waals surface area (Å²) in [7, 11) is 1.86. The van der Waals surface area contributed by atoms with E-state index in [4.69, 9.17) is 0 Å². The molecule has 0 atom stereocenters. The molecule has 0 aliphatic heterocycles. The predicted molar refractivity (Wildman–Crippen MR) is 50.6 cm³/mol. The molecule has 0 aliphatic carbocycles. The number of aromatic nitrogens is 3. The van der Waals surface area contributed by atoms with Gasteiger partial charge in [-0.2, -0.15) is 5.10 Å². The molecule has 4 nitrogen and oxygen atoms in total. The Morgan fingerprint density at radius 1 is 1.54 bits per heavy atom. The van der Waals surface area contributed by atoms with Crippen LogP contribution in [0.25, 0.3) is 10.9 Å². The summed E-state index contributed by atoms with van der Waals surface area (Å²) in [5.41, 5.74) is 0.698. The topological polar surface area (TPSA) is 39.8 Å². The molecular weight excluding hydrogens is 166 g/mol. The van der Waals surface area contributed by atoms with Gasteiger partial charge in [-0.25, -0.2) is 4.68 Å². The fraction of sp³-hybridized carbons (Fsp3) is 0.333. The van der Waals surface area contributed by atoms with Crippen molar-refractivity contribution in [1.29, 1.82) is 0 Å². The molecule has 0 fully saturated rings. The van der Waals surface area contributed by atoms with Crippen LogP contribution in [0.3, 0.4) is 0 Å². The van der Waals surface area contributed by atoms with Crippen LogP contribution in [-0.4, -0.2) is 14.3 Å². The van der Waals surface area contributed by atoms with E-state index in [2.05, 4.69) is 5.10 Å². The van der Waals surface area contributed by atoms with Gasteiger partial charge in [-0.1, -0.05) is 0 Å². The van der Waals surface area contributed by atoms with Crippen LogP contribution < -0.4 is 5.56 Å². The lowest BCUT2D eigenvalue weighted by atomic mass is 10.4. The van der Waals surface area contributed by atoms with E-state index in [9.17, 15) is 4.79 Å². The molecule has 0 saturated heterocycles. The summed E-state index contributed by atoms with van der Waals surface area (Å²) in [6, 6.07) is 1.89. The van der Waals surface area contributed by atoms with Crippen LogP contribution >= 0.6 is 0 Å². The zero-order valence-corrected chi connectivity index (χ0v) is 7.69. The molecule has 68 valence electrons. The van der Waals surface area contributed by atoms with Gasteiger partial charge >= 0.3 is 0 Å². The molecule has 0 unspecified atom stereocenters. The van der Waals surface area contributed by atoms with E-state index in [1.807, 2.05) is 30.8 Å². The number of hydrogen-bond acceptors (Lipinski definition) is 2. The van der Waals surface area contributed by atoms with Crippen LogP contribution in [0.1, 0.15) is 6.92 Å². The highest BCUT2D eigenvalue weighted by Gasteiger charge is 2.04. The maximum absolute atomic E-state index is 11.7. The largest absolute Gasteiger partial charge is 0.346 e. The van der Waals surface area contributed by atoms with Crippen molar-refractivity contribution in [1.82, 2.24) is 14.3 Å². The normalized spacial score (nSPS) is 10.9. The average molecular weight is 177 g/mol. The van der Waals surface area contributed by atoms with Gasteiger partial charge in [0.2, 0.25) is 0 Å². The van der Waals surface area contributed by atoms with Crippen molar-refractivity contribution in [2.24, 2.45) is 7.05 Å². The first-order valence-corrected chi connectivity index (χ1v) is 4.25. The second-order valence-electron chi connectivity index (χ2n) is 3.00. The van der Waals surface area contributed by atoms with E-state index in [0.717, 1.165) is 10.9 Å². The Bertz CT molecular complexity index is 495. The van der Waals surface area contributed by atoms with E-state index in [-0.39, 0.29) is 5.56 Å². The van der Waals surface area contributed by atoms with Gasteiger partial charge in [-0.15, -0.1) is 0 Å². The van der Waals surface area contributed by atoms with Gasteiger partial charge in [-0.3, -0.25) is 4.79 Å². The van der Waals surface area contributed by atoms with Gasteiger partial charge in [0, 0.05) is 25.2 Å². The van der Waals surface area contributed by atoms with Crippen LogP contribution in [0.2, 0.25) is 0 Å². The smallest absolute Gasteiger partial charge is 0.291 e. The summed E-state index contributed by atoms with van der Waals surface area (Å²) in [5.74, 6) is 0. The third-order valence-electron chi connectivity index (χ3n) is 2.18. The molecule has 0 N–H and O–H groups in total. The lowest BCUT2D eigenvalue weighted by Gasteiger charge is -2.00. The lowest BCUT2D eigenvalue weighted by Crippen LogP contribution is -2.22. The lowest BCUT2D eigenvalue weighted by molar-refractivity contribution is 0.620. The van der Waals surface area contributed by atoms with Crippen molar-refractivity contribution in [3.05, 3.63) is 28.8 Å². The van der Waals surface area contributed by atoms with Crippen molar-refractivity contribution >= 4 is 10.9 Å². The second-order valence-corrected chi connectivity index (χ2v) is 3.00. The van der Waals surface area contributed by atoms with E-state index < -0.39 is 0 Å². The van der Waals surface area contributed by atoms with Crippen molar-refractivity contribution < 1.29 is 0 Å². The first-order chi connectivity index (χ1) is 6.24. The van der Waals surface area contributed by atoms with Crippen molar-refractivity contribution in [3.63, 3.8) is 0 Å². The fourth-order valence-electron chi connectivity index (χ4n) is 1.46. The molecule has 0 spiro atoms. The Morgan fingerprint density at radius 2 is 2.31 bits per heavy atom. The summed E-state index contributed by atoms with van der Waals surface area (Å²) in [6.45, 7) is 2.52. The fourth-order valence-corrected chi connectivity index (χ4v) is 1.46. The number of rotatable bonds is 1. The first-order valence-electron chi connectivity index (χ1n) is 4.25. The van der Waals surface area contributed by atoms with Crippen LogP contribution in [0.15, 0.2) is 23.3 Å². The molecule has 0 aromatic carbocycles. The minimum absolute atomic E-state index is 0.0208. The molecule has 4 heteroatoms. The molecule has 2 aromatic heterocycles. The maximum Gasteiger partial charge on any atom is 0.291 e. The summed E-state index contributed by atoms with van der Waals surface area (Å²) < 4.78 is 3.29. The summed E-state index contributed by atoms with van der Waals surface area (Å²) >= 11 is 0. The number of aryl methyl sites for hydroxylation is 2. The maximum atomic E-state index is 11.7. The predicted octanol–water partition coefficient (Wildman–Crippen LogP) is 0.755. The Kier molecular flexibility index (Phi) is 1.69. The summed E-state index contributed by atoms with van der Waals surface area (Å²) in [5, 5.41) is 4.93. The molecule has 13 heavy (non-hydrogen) atoms. The molecular formula is C9H11N3O. The van der Waals surface area contributed by atoms with E-state index in [1.54, 1.807) is 6.20 Å². The second kappa shape index (κ2) is 2.73. The minimum Gasteiger partial charge on any atom is -0.346 e. The van der Waals surface area contributed by atoms with Gasteiger partial charge < -0.3 is 4.57 Å². The zero-order chi connectivity index (χ0) is 9.42. The molecule has 2 heterocycles. The van der Waals surface area contributed by atoms with Crippen LogP contribution in [-0.2, 0) is 13.6 Å². The highest BCUT2D eigenvalue weighted by atomic mass is 16.1. The van der Waals surface area contributed by atoms with Gasteiger partial charge in [-0.05, 0) is 13.0 Å². The van der Waals surface area contributed by atoms with Crippen LogP contribution in [0, 0.1) is 0 Å². The van der Waals surface area contributed by atoms with Crippen molar-refractivity contribution in [2.75, 3.05) is 0 Å². The number of nitrogens with zero attached hydrogens (tertiary/aromatic N) is 3. The highest BCUT2D eigenvalue weighted by Crippen LogP contribution is 2.07. The zero-order valence-electron chi connectivity index (χ0n) is 7.69. The molecule has 0 saturated carbocycles. The minimum atomic E-state index is -0.0208. The highest BCUT2D eigenvalue weighted by molar-refractivity contribution is 5.77. The Morgan fingerprint density at radius 3 is 3.00 bits per heavy atom. The third-order valence-corrected chi connectivity index (χ3v) is 2.18. The van der Waals surface area contributed by atoms with E-state index in [1.165, 1.54) is 4.68 Å². The summed E-state index contributed by atoms with van der Waals surface area (Å²) in [4.78, 5) is 11.7. The van der Waals surface area contributed by atoms with Gasteiger partial charge in [0.05, 0.1) is 6.20 Å². The van der Waals surface area contributed by atoms with Gasteiger partial charge in [0.1, 0.15) is 5.52 Å². The standard InChI is InChI=1S/C9H11N3O/c1-3-12-9(13)8-7(6-10-12)4-5-11(8)2/h4-6H,3H2,1-2H3. The first kappa shape index (κ1) is 8.04. The molecule has 2 aromatic rings. The number of hydrogen-bond donors (Lipinski definition) is 0. The van der Waals surface area contributed by atoms with E-state index >= 15 is 0 Å². The Hall–Kier alpha value is -1.58. The molecule has 2 rings (SSSR count). The SMILES string of the molecule is CCn1ncc2ccn(C)c2c1=O. The quantitative estimate of drug-likeness (QED) is 0.645. The Balaban J connectivity index is 2.92. The Labute approximate surface area is 75.4 Å². The third kappa shape index (κ3) is 1.06. The molecule has 0 radical (unpaired) electrons. The molecule has 0 aliphatic rings. The van der Waals surface area contributed by atoms with Crippen LogP contribution in [0.5, 0.6) is 0 Å². The van der Waals surface area contributed by atoms with E-state index in [0.29, 0.717) is 6.54 Å². The molecule has 0 amide bonds. The van der Waals surface area contributed by atoms with Crippen molar-refractivity contribution in [3.8, 4) is 0 Å². The van der Waals surface area contributed by atoms with Gasteiger partial charge in [0.15, 0.2) is 0 Å². The average Bonchev–Trinajstić information content (AvgIpc) is 2.49. The van der Waals surface area contributed by atoms with Crippen LogP contribution in [0.4, 0.5) is 0 Å². The number of fused-ring (bicyclic) bond motifs is 1. The van der Waals surface area contributed by atoms with Crippen molar-refractivity contribution in [2.45, 2.75) is 13.5 Å².